The van der Waals surface area contributed by atoms with E-state index in [4.69, 9.17) is 0 Å². The lowest BCUT2D eigenvalue weighted by Crippen LogP contribution is -2.20. The number of aromatic nitrogens is 4. The van der Waals surface area contributed by atoms with E-state index in [1.165, 1.54) is 18.3 Å². The summed E-state index contributed by atoms with van der Waals surface area (Å²) in [5.74, 6) is -0.518. The van der Waals surface area contributed by atoms with Gasteiger partial charge in [-0.25, -0.2) is 32.2 Å². The van der Waals surface area contributed by atoms with Crippen LogP contribution in [0.4, 0.5) is 22.7 Å². The van der Waals surface area contributed by atoms with Crippen molar-refractivity contribution in [1.29, 1.82) is 0 Å². The van der Waals surface area contributed by atoms with E-state index in [0.29, 0.717) is 11.2 Å². The molecule has 11 heteroatoms. The van der Waals surface area contributed by atoms with E-state index in [2.05, 4.69) is 20.4 Å². The molecule has 0 aliphatic rings. The maximum absolute atomic E-state index is 13.3. The fraction of sp³-hybridized carbons (Fsp3) is 0.375. The van der Waals surface area contributed by atoms with Crippen LogP contribution in [0.25, 0.3) is 11.0 Å². The number of carbonyl (C=O) groups excluding carboxylic acids is 1. The quantitative estimate of drug-likeness (QED) is 0.646. The van der Waals surface area contributed by atoms with Gasteiger partial charge in [-0.1, -0.05) is 0 Å². The first-order chi connectivity index (χ1) is 12.7. The lowest BCUT2D eigenvalue weighted by molar-refractivity contribution is -0.116. The van der Waals surface area contributed by atoms with Gasteiger partial charge < -0.3 is 5.32 Å². The number of nitrogens with one attached hydrogen (secondary N) is 1. The second-order valence-electron chi connectivity index (χ2n) is 5.89. The molecule has 0 aliphatic carbocycles. The molecule has 0 fully saturated rings. The van der Waals surface area contributed by atoms with E-state index in [9.17, 15) is 22.4 Å². The molecule has 144 valence electrons. The highest BCUT2D eigenvalue weighted by atomic mass is 32.1. The van der Waals surface area contributed by atoms with Crippen molar-refractivity contribution in [3.05, 3.63) is 33.6 Å². The number of halogens is 4. The van der Waals surface area contributed by atoms with Crippen LogP contribution in [0, 0.1) is 20.8 Å². The van der Waals surface area contributed by atoms with Crippen molar-refractivity contribution < 1.29 is 22.4 Å². The third-order valence-corrected chi connectivity index (χ3v) is 4.94. The van der Waals surface area contributed by atoms with Gasteiger partial charge >= 0.3 is 0 Å². The van der Waals surface area contributed by atoms with Gasteiger partial charge in [0.1, 0.15) is 12.2 Å². The number of alkyl halides is 4. The molecule has 3 aromatic rings. The number of aryl methyl sites for hydroxylation is 3. The molecule has 0 radical (unpaired) electrons. The Bertz CT molecular complexity index is 995. The van der Waals surface area contributed by atoms with Crippen molar-refractivity contribution in [2.45, 2.75) is 40.2 Å². The highest BCUT2D eigenvalue weighted by Gasteiger charge is 2.24. The average molecular weight is 401 g/mol. The molecule has 0 saturated heterocycles. The normalized spacial score (nSPS) is 11.7. The van der Waals surface area contributed by atoms with Crippen LogP contribution in [0.3, 0.4) is 0 Å². The highest BCUT2D eigenvalue weighted by Crippen LogP contribution is 2.32. The summed E-state index contributed by atoms with van der Waals surface area (Å²) in [6.45, 7) is 4.74. The van der Waals surface area contributed by atoms with Gasteiger partial charge in [0.25, 0.3) is 12.9 Å². The maximum atomic E-state index is 13.3. The summed E-state index contributed by atoms with van der Waals surface area (Å²) in [5, 5.41) is 6.98. The van der Waals surface area contributed by atoms with E-state index in [1.807, 2.05) is 6.92 Å². The van der Waals surface area contributed by atoms with Gasteiger partial charge in [0.05, 0.1) is 16.8 Å². The van der Waals surface area contributed by atoms with Crippen molar-refractivity contribution in [3.8, 4) is 0 Å². The van der Waals surface area contributed by atoms with E-state index in [1.54, 1.807) is 6.92 Å². The molecule has 1 N–H and O–H groups in total. The monoisotopic (exact) mass is 401 g/mol. The predicted octanol–water partition coefficient (Wildman–Crippen LogP) is 4.33. The zero-order valence-corrected chi connectivity index (χ0v) is 15.4. The van der Waals surface area contributed by atoms with Crippen LogP contribution >= 0.6 is 11.3 Å². The fourth-order valence-electron chi connectivity index (χ4n) is 2.62. The van der Waals surface area contributed by atoms with E-state index < -0.39 is 30.0 Å². The summed E-state index contributed by atoms with van der Waals surface area (Å²) in [4.78, 5) is 21.1. The van der Waals surface area contributed by atoms with E-state index >= 15 is 0 Å². The third kappa shape index (κ3) is 3.77. The number of nitrogens with zero attached hydrogens (tertiary/aromatic N) is 4. The zero-order valence-electron chi connectivity index (χ0n) is 14.6. The minimum atomic E-state index is -3.02. The summed E-state index contributed by atoms with van der Waals surface area (Å²) in [6, 6.07) is 0.678. The summed E-state index contributed by atoms with van der Waals surface area (Å²) >= 11 is 1.29. The Balaban J connectivity index is 1.97. The van der Waals surface area contributed by atoms with Gasteiger partial charge in [-0.3, -0.25) is 4.79 Å². The molecule has 0 unspecified atom stereocenters. The van der Waals surface area contributed by atoms with E-state index in [0.717, 1.165) is 15.3 Å². The molecule has 0 spiro atoms. The highest BCUT2D eigenvalue weighted by molar-refractivity contribution is 7.15. The molecule has 27 heavy (non-hydrogen) atoms. The Hall–Kier alpha value is -2.56. The second kappa shape index (κ2) is 7.22. The summed E-state index contributed by atoms with van der Waals surface area (Å²) in [6.07, 6.45) is -6.00. The molecule has 1 amide bonds. The Morgan fingerprint density at radius 3 is 2.41 bits per heavy atom. The zero-order chi connectivity index (χ0) is 19.9. The maximum Gasteiger partial charge on any atom is 0.280 e. The number of carbonyl (C=O) groups is 1. The lowest BCUT2D eigenvalue weighted by atomic mass is 10.1. The standard InChI is InChI=1S/C16H15F4N5OS/c1-6-8(3)27-16(21-6)23-11(26)5-25-15-12(7(2)24-25)9(13(17)18)4-10(22-15)14(19)20/h4,13-14H,5H2,1-3H3,(H,21,23,26). The van der Waals surface area contributed by atoms with Crippen molar-refractivity contribution in [1.82, 2.24) is 19.7 Å². The molecular weight excluding hydrogens is 386 g/mol. The lowest BCUT2D eigenvalue weighted by Gasteiger charge is -2.08. The van der Waals surface area contributed by atoms with Crippen LogP contribution in [-0.4, -0.2) is 25.7 Å². The van der Waals surface area contributed by atoms with Crippen LogP contribution in [0.2, 0.25) is 0 Å². The number of pyridine rings is 1. The largest absolute Gasteiger partial charge is 0.300 e. The van der Waals surface area contributed by atoms with Gasteiger partial charge in [-0.15, -0.1) is 11.3 Å². The van der Waals surface area contributed by atoms with Crippen molar-refractivity contribution in [3.63, 3.8) is 0 Å². The molecule has 3 rings (SSSR count). The minimum Gasteiger partial charge on any atom is -0.300 e. The van der Waals surface area contributed by atoms with Crippen LogP contribution in [0.5, 0.6) is 0 Å². The molecule has 0 aromatic carbocycles. The van der Waals surface area contributed by atoms with Crippen molar-refractivity contribution in [2.75, 3.05) is 5.32 Å². The Morgan fingerprint density at radius 1 is 1.15 bits per heavy atom. The van der Waals surface area contributed by atoms with Gasteiger partial charge in [-0.05, 0) is 26.8 Å². The fourth-order valence-corrected chi connectivity index (χ4v) is 3.45. The van der Waals surface area contributed by atoms with Crippen LogP contribution in [-0.2, 0) is 11.3 Å². The number of anilines is 1. The Kier molecular flexibility index (Phi) is 5.13. The summed E-state index contributed by atoms with van der Waals surface area (Å²) < 4.78 is 53.8. The molecule has 3 heterocycles. The van der Waals surface area contributed by atoms with Crippen LogP contribution in [0.15, 0.2) is 6.07 Å². The molecule has 0 bridgehead atoms. The van der Waals surface area contributed by atoms with Gasteiger partial charge in [-0.2, -0.15) is 5.10 Å². The van der Waals surface area contributed by atoms with Crippen molar-refractivity contribution >= 4 is 33.4 Å². The van der Waals surface area contributed by atoms with Crippen molar-refractivity contribution in [2.24, 2.45) is 0 Å². The molecule has 3 aromatic heterocycles. The average Bonchev–Trinajstić information content (AvgIpc) is 3.05. The number of hydrogen-bond acceptors (Lipinski definition) is 5. The molecular formula is C16H15F4N5OS. The molecule has 0 atom stereocenters. The molecule has 0 aliphatic heterocycles. The smallest absolute Gasteiger partial charge is 0.280 e. The van der Waals surface area contributed by atoms with Crippen LogP contribution in [0.1, 0.15) is 40.4 Å². The third-order valence-electron chi connectivity index (χ3n) is 3.95. The molecule has 6 nitrogen and oxygen atoms in total. The first-order valence-electron chi connectivity index (χ1n) is 7.85. The Morgan fingerprint density at radius 2 is 1.85 bits per heavy atom. The minimum absolute atomic E-state index is 0.0249. The van der Waals surface area contributed by atoms with Gasteiger partial charge in [0, 0.05) is 10.4 Å². The predicted molar refractivity (Wildman–Crippen MR) is 92.4 cm³/mol. The SMILES string of the molecule is Cc1nc(NC(=O)Cn2nc(C)c3c(C(F)F)cc(C(F)F)nc32)sc1C. The molecule has 0 saturated carbocycles. The first-order valence-corrected chi connectivity index (χ1v) is 8.67. The first kappa shape index (κ1) is 19.2. The van der Waals surface area contributed by atoms with E-state index in [-0.39, 0.29) is 23.3 Å². The Labute approximate surface area is 155 Å². The second-order valence-corrected chi connectivity index (χ2v) is 7.09. The van der Waals surface area contributed by atoms with Crippen LogP contribution < -0.4 is 5.32 Å². The number of thiazole rings is 1. The number of hydrogen-bond donors (Lipinski definition) is 1. The number of amides is 1. The van der Waals surface area contributed by atoms with Gasteiger partial charge in [0.2, 0.25) is 5.91 Å². The number of fused-ring (bicyclic) bond motifs is 1. The number of rotatable bonds is 5. The topological polar surface area (TPSA) is 72.7 Å². The van der Waals surface area contributed by atoms with Gasteiger partial charge in [0.15, 0.2) is 10.8 Å². The summed E-state index contributed by atoms with van der Waals surface area (Å²) in [5.41, 5.74) is -0.582. The summed E-state index contributed by atoms with van der Waals surface area (Å²) in [7, 11) is 0.